The second-order valence-corrected chi connectivity index (χ2v) is 4.73. The Morgan fingerprint density at radius 1 is 1.00 bits per heavy atom. The fraction of sp³-hybridized carbons (Fsp3) is 0.909. The molecule has 3 heteroatoms. The summed E-state index contributed by atoms with van der Waals surface area (Å²) in [6.07, 6.45) is 4.61. The average molecular weight is 203 g/mol. The molecule has 2 aliphatic carbocycles. The Bertz CT molecular complexity index is 158. The molecule has 0 saturated heterocycles. The molecule has 0 aromatic heterocycles. The Balaban J connectivity index is -0.000000160. The summed E-state index contributed by atoms with van der Waals surface area (Å²) < 4.78 is 0. The second-order valence-electron chi connectivity index (χ2n) is 4.73. The third-order valence-electron chi connectivity index (χ3n) is 2.76. The molecule has 0 heterocycles. The van der Waals surface area contributed by atoms with Crippen molar-refractivity contribution in [3.63, 3.8) is 0 Å². The minimum Gasteiger partial charge on any atom is -1.00 e. The average Bonchev–Trinajstić information content (AvgIpc) is 1.84. The van der Waals surface area contributed by atoms with Crippen molar-refractivity contribution in [3.05, 3.63) is 0 Å². The Kier molecular flexibility index (Phi) is 9.74. The number of rotatable bonds is 0. The van der Waals surface area contributed by atoms with Crippen LogP contribution in [0.4, 0.5) is 0 Å². The van der Waals surface area contributed by atoms with E-state index in [2.05, 4.69) is 20.8 Å². The largest absolute Gasteiger partial charge is 1.00 e. The van der Waals surface area contributed by atoms with Gasteiger partial charge in [0, 0.05) is 21.3 Å². The van der Waals surface area contributed by atoms with Crippen molar-refractivity contribution in [1.29, 1.82) is 0 Å². The topological polar surface area (TPSA) is 17.1 Å². The summed E-state index contributed by atoms with van der Waals surface area (Å²) in [5.74, 6) is 3.21. The van der Waals surface area contributed by atoms with E-state index in [1.165, 1.54) is 12.8 Å². The summed E-state index contributed by atoms with van der Waals surface area (Å²) in [6.45, 7) is 6.74. The van der Waals surface area contributed by atoms with Crippen LogP contribution in [0.3, 0.4) is 0 Å². The standard InChI is InChI=1S/C6H12.C5H8O.B.Na.H/c1-5-3-6(2)4-5;1-4-2-5(6)3-4;;;/h5-6H,3-4H2,1-2H3;4H,2-3H2,1H3;;;/q;;;+1;-1. The van der Waals surface area contributed by atoms with Crippen molar-refractivity contribution in [2.45, 2.75) is 46.5 Å². The molecule has 0 N–H and O–H groups in total. The number of hydrogen-bond acceptors (Lipinski definition) is 1. The summed E-state index contributed by atoms with van der Waals surface area (Å²) >= 11 is 0. The SMILES string of the molecule is CC1CC(=O)C1.CC1CC(C)C1.[B].[H-].[Na+]. The molecule has 14 heavy (non-hydrogen) atoms. The van der Waals surface area contributed by atoms with Gasteiger partial charge in [-0.1, -0.05) is 20.8 Å². The van der Waals surface area contributed by atoms with Crippen LogP contribution in [0.2, 0.25) is 0 Å². The molecule has 0 aromatic carbocycles. The first-order valence-corrected chi connectivity index (χ1v) is 5.09. The normalized spacial score (nSPS) is 29.5. The van der Waals surface area contributed by atoms with Crippen LogP contribution in [0.1, 0.15) is 47.9 Å². The van der Waals surface area contributed by atoms with Crippen LogP contribution in [-0.4, -0.2) is 14.2 Å². The molecule has 0 unspecified atom stereocenters. The van der Waals surface area contributed by atoms with E-state index >= 15 is 0 Å². The van der Waals surface area contributed by atoms with Crippen LogP contribution in [0, 0.1) is 17.8 Å². The van der Waals surface area contributed by atoms with Gasteiger partial charge in [0.15, 0.2) is 0 Å². The Morgan fingerprint density at radius 3 is 1.36 bits per heavy atom. The Morgan fingerprint density at radius 2 is 1.36 bits per heavy atom. The predicted molar refractivity (Wildman–Crippen MR) is 57.8 cm³/mol. The summed E-state index contributed by atoms with van der Waals surface area (Å²) in [5.41, 5.74) is 0. The molecule has 0 aliphatic heterocycles. The van der Waals surface area contributed by atoms with Gasteiger partial charge in [0.05, 0.1) is 0 Å². The number of Topliss-reactive ketones (excluding diaryl/α,β-unsaturated/α-hetero) is 1. The number of carbonyl (C=O) groups is 1. The van der Waals surface area contributed by atoms with Crippen molar-refractivity contribution in [3.8, 4) is 0 Å². The van der Waals surface area contributed by atoms with E-state index in [4.69, 9.17) is 0 Å². The van der Waals surface area contributed by atoms with Crippen molar-refractivity contribution in [1.82, 2.24) is 0 Å². The number of ketones is 1. The van der Waals surface area contributed by atoms with Gasteiger partial charge in [-0.25, -0.2) is 0 Å². The summed E-state index contributed by atoms with van der Waals surface area (Å²) in [6, 6.07) is 0. The molecule has 2 rings (SSSR count). The van der Waals surface area contributed by atoms with Gasteiger partial charge in [0.1, 0.15) is 5.78 Å². The molecule has 1 nitrogen and oxygen atoms in total. The molecular formula is C11H21BNaO. The van der Waals surface area contributed by atoms with Crippen LogP contribution < -0.4 is 29.6 Å². The summed E-state index contributed by atoms with van der Waals surface area (Å²) in [4.78, 5) is 10.1. The van der Waals surface area contributed by atoms with Crippen molar-refractivity contribution >= 4 is 14.2 Å². The smallest absolute Gasteiger partial charge is 1.00 e. The summed E-state index contributed by atoms with van der Waals surface area (Å²) in [5, 5.41) is 0. The van der Waals surface area contributed by atoms with Gasteiger partial charge in [-0.3, -0.25) is 4.79 Å². The van der Waals surface area contributed by atoms with Crippen molar-refractivity contribution < 1.29 is 35.8 Å². The van der Waals surface area contributed by atoms with Gasteiger partial charge in [0.25, 0.3) is 0 Å². The van der Waals surface area contributed by atoms with E-state index in [0.29, 0.717) is 11.7 Å². The maximum atomic E-state index is 10.1. The maximum absolute atomic E-state index is 10.1. The Labute approximate surface area is 114 Å². The first-order chi connectivity index (χ1) is 5.58. The van der Waals surface area contributed by atoms with Gasteiger partial charge in [-0.05, 0) is 30.6 Å². The molecule has 0 amide bonds. The molecule has 75 valence electrons. The summed E-state index contributed by atoms with van der Waals surface area (Å²) in [7, 11) is 0. The van der Waals surface area contributed by atoms with Crippen molar-refractivity contribution in [2.75, 3.05) is 0 Å². The zero-order valence-electron chi connectivity index (χ0n) is 11.0. The van der Waals surface area contributed by atoms with E-state index in [1.807, 2.05) is 0 Å². The maximum Gasteiger partial charge on any atom is 1.00 e. The fourth-order valence-corrected chi connectivity index (χ4v) is 2.02. The van der Waals surface area contributed by atoms with Gasteiger partial charge in [0.2, 0.25) is 0 Å². The third kappa shape index (κ3) is 6.26. The van der Waals surface area contributed by atoms with Crippen molar-refractivity contribution in [2.24, 2.45) is 17.8 Å². The zero-order chi connectivity index (χ0) is 9.14. The van der Waals surface area contributed by atoms with Crippen LogP contribution in [0.15, 0.2) is 0 Å². The second kappa shape index (κ2) is 7.95. The molecule has 0 aromatic rings. The molecule has 3 radical (unpaired) electrons. The third-order valence-corrected chi connectivity index (χ3v) is 2.76. The minimum atomic E-state index is 0. The fourth-order valence-electron chi connectivity index (χ4n) is 2.02. The minimum absolute atomic E-state index is 0. The zero-order valence-corrected chi connectivity index (χ0v) is 12.0. The molecule has 2 saturated carbocycles. The monoisotopic (exact) mass is 203 g/mol. The Hall–Kier alpha value is 0.735. The van der Waals surface area contributed by atoms with Gasteiger partial charge in [-0.15, -0.1) is 0 Å². The van der Waals surface area contributed by atoms with Gasteiger partial charge in [-0.2, -0.15) is 0 Å². The van der Waals surface area contributed by atoms with E-state index in [1.54, 1.807) is 0 Å². The van der Waals surface area contributed by atoms with Crippen LogP contribution in [0.25, 0.3) is 0 Å². The molecule has 0 atom stereocenters. The van der Waals surface area contributed by atoms with E-state index in [9.17, 15) is 4.79 Å². The first kappa shape index (κ1) is 17.1. The number of hydrogen-bond donors (Lipinski definition) is 0. The van der Waals surface area contributed by atoms with E-state index in [-0.39, 0.29) is 39.4 Å². The quantitative estimate of drug-likeness (QED) is 0.497. The van der Waals surface area contributed by atoms with Crippen LogP contribution >= 0.6 is 0 Å². The molecule has 0 spiro atoms. The first-order valence-electron chi connectivity index (χ1n) is 5.09. The van der Waals surface area contributed by atoms with Crippen LogP contribution in [0.5, 0.6) is 0 Å². The molecule has 2 aliphatic rings. The molecule has 2 fully saturated rings. The number of carbonyl (C=O) groups excluding carboxylic acids is 1. The van der Waals surface area contributed by atoms with Gasteiger partial charge < -0.3 is 1.43 Å². The van der Waals surface area contributed by atoms with Gasteiger partial charge >= 0.3 is 29.6 Å². The molecule has 0 bridgehead atoms. The molecular weight excluding hydrogens is 182 g/mol. The predicted octanol–water partition coefficient (Wildman–Crippen LogP) is -0.226. The van der Waals surface area contributed by atoms with Crippen LogP contribution in [-0.2, 0) is 4.79 Å². The van der Waals surface area contributed by atoms with E-state index in [0.717, 1.165) is 24.7 Å². The van der Waals surface area contributed by atoms with E-state index < -0.39 is 0 Å².